The Bertz CT molecular complexity index is 889. The molecule has 0 aliphatic carbocycles. The fourth-order valence-electron chi connectivity index (χ4n) is 6.59. The van der Waals surface area contributed by atoms with Crippen molar-refractivity contribution in [2.24, 2.45) is 0 Å². The molecule has 11 heteroatoms. The van der Waals surface area contributed by atoms with Gasteiger partial charge in [-0.05, 0) is 25.9 Å². The summed E-state index contributed by atoms with van der Waals surface area (Å²) >= 11 is 0. The molecule has 0 fully saturated rings. The van der Waals surface area contributed by atoms with Gasteiger partial charge in [-0.25, -0.2) is 0 Å². The van der Waals surface area contributed by atoms with Gasteiger partial charge in [0.25, 0.3) is 0 Å². The molecule has 56 heavy (non-hydrogen) atoms. The highest BCUT2D eigenvalue weighted by Crippen LogP contribution is 2.15. The zero-order chi connectivity index (χ0) is 41.2. The summed E-state index contributed by atoms with van der Waals surface area (Å²) < 4.78 is 31.3. The molecular weight excluding hydrogens is 714 g/mol. The highest BCUT2D eigenvalue weighted by Gasteiger charge is 2.22. The van der Waals surface area contributed by atoms with Crippen molar-refractivity contribution in [3.63, 3.8) is 0 Å². The Morgan fingerprint density at radius 1 is 0.411 bits per heavy atom. The number of hydrogen-bond donors (Lipinski definition) is 0. The van der Waals surface area contributed by atoms with Crippen LogP contribution in [0.5, 0.6) is 0 Å². The molecule has 0 aliphatic heterocycles. The zero-order valence-corrected chi connectivity index (χ0v) is 36.6. The maximum absolute atomic E-state index is 12.9. The van der Waals surface area contributed by atoms with Crippen LogP contribution in [0.1, 0.15) is 194 Å². The molecule has 0 radical (unpaired) electrons. The van der Waals surface area contributed by atoms with Gasteiger partial charge in [0.1, 0.15) is 25.9 Å². The highest BCUT2D eigenvalue weighted by atomic mass is 16.6. The maximum atomic E-state index is 12.9. The number of methoxy groups -OCH3 is 2. The first-order valence-corrected chi connectivity index (χ1v) is 22.7. The topological polar surface area (TPSA) is 127 Å². The van der Waals surface area contributed by atoms with Gasteiger partial charge in [-0.15, -0.1) is 0 Å². The normalized spacial score (nSPS) is 11.8. The van der Waals surface area contributed by atoms with Gasteiger partial charge in [0.15, 0.2) is 0 Å². The van der Waals surface area contributed by atoms with Crippen molar-refractivity contribution in [1.29, 1.82) is 0 Å². The van der Waals surface area contributed by atoms with Crippen LogP contribution < -0.4 is 0 Å². The summed E-state index contributed by atoms with van der Waals surface area (Å²) in [7, 11) is 3.04. The average Bonchev–Trinajstić information content (AvgIpc) is 3.19. The monoisotopic (exact) mass is 800 g/mol. The molecule has 0 heterocycles. The number of carbonyl (C=O) groups is 4. The molecule has 0 rings (SSSR count). The molecular formula is C45H85NO10. The van der Waals surface area contributed by atoms with E-state index >= 15 is 0 Å². The molecule has 1 unspecified atom stereocenters. The van der Waals surface area contributed by atoms with Crippen LogP contribution in [0.4, 0.5) is 0 Å². The summed E-state index contributed by atoms with van der Waals surface area (Å²) in [4.78, 5) is 51.9. The van der Waals surface area contributed by atoms with Crippen molar-refractivity contribution in [3.05, 3.63) is 0 Å². The Morgan fingerprint density at radius 3 is 1.09 bits per heavy atom. The summed E-state index contributed by atoms with van der Waals surface area (Å²) in [6.07, 6.45) is 29.5. The predicted octanol–water partition coefficient (Wildman–Crippen LogP) is 10.1. The quantitative estimate of drug-likeness (QED) is 0.0332. The van der Waals surface area contributed by atoms with E-state index in [9.17, 15) is 19.2 Å². The molecule has 0 bridgehead atoms. The number of carbonyl (C=O) groups excluding carboxylic acids is 4. The number of rotatable bonds is 43. The summed E-state index contributed by atoms with van der Waals surface area (Å²) in [5.74, 6) is -2.12. The minimum absolute atomic E-state index is 0.109. The van der Waals surface area contributed by atoms with Gasteiger partial charge in [0, 0.05) is 20.8 Å². The first kappa shape index (κ1) is 53.8. The van der Waals surface area contributed by atoms with E-state index < -0.39 is 30.0 Å². The molecule has 1 atom stereocenters. The van der Waals surface area contributed by atoms with Gasteiger partial charge in [-0.1, -0.05) is 155 Å². The van der Waals surface area contributed by atoms with Crippen LogP contribution in [0.15, 0.2) is 0 Å². The molecule has 0 aromatic carbocycles. The van der Waals surface area contributed by atoms with Gasteiger partial charge >= 0.3 is 23.9 Å². The minimum atomic E-state index is -0.709. The predicted molar refractivity (Wildman–Crippen MR) is 224 cm³/mol. The van der Waals surface area contributed by atoms with E-state index in [1.807, 2.05) is 0 Å². The van der Waals surface area contributed by atoms with Crippen molar-refractivity contribution in [2.75, 3.05) is 66.9 Å². The Morgan fingerprint density at radius 2 is 0.732 bits per heavy atom. The van der Waals surface area contributed by atoms with E-state index in [-0.39, 0.29) is 58.7 Å². The van der Waals surface area contributed by atoms with E-state index in [4.69, 9.17) is 28.4 Å². The van der Waals surface area contributed by atoms with Crippen molar-refractivity contribution in [2.45, 2.75) is 200 Å². The van der Waals surface area contributed by atoms with E-state index in [1.54, 1.807) is 0 Å². The van der Waals surface area contributed by atoms with Crippen molar-refractivity contribution >= 4 is 23.9 Å². The Balaban J connectivity index is 5.16. The molecule has 0 spiro atoms. The second-order valence-electron chi connectivity index (χ2n) is 15.3. The third-order valence-corrected chi connectivity index (χ3v) is 10.0. The van der Waals surface area contributed by atoms with Crippen LogP contribution >= 0.6 is 0 Å². The van der Waals surface area contributed by atoms with Crippen LogP contribution in [0.3, 0.4) is 0 Å². The molecule has 0 aromatic heterocycles. The molecule has 0 amide bonds. The number of unbranched alkanes of at least 4 members (excludes halogenated alkanes) is 22. The Hall–Kier alpha value is -2.24. The molecule has 0 N–H and O–H groups in total. The molecule has 11 nitrogen and oxygen atoms in total. The first-order valence-electron chi connectivity index (χ1n) is 22.7. The SMILES string of the molecule is CCCCCCCCCCCCCCN(CCCCCCCCCCCCCC)CC(COC(=O)CCC(=O)OCCOC)OC(=O)CCC(=O)OCCOC. The van der Waals surface area contributed by atoms with E-state index in [0.717, 1.165) is 38.8 Å². The molecule has 0 saturated heterocycles. The Labute approximate surface area is 342 Å². The lowest BCUT2D eigenvalue weighted by Gasteiger charge is -2.27. The Kier molecular flexibility index (Phi) is 40.7. The maximum Gasteiger partial charge on any atom is 0.306 e. The van der Waals surface area contributed by atoms with Crippen molar-refractivity contribution in [1.82, 2.24) is 4.90 Å². The fourth-order valence-corrected chi connectivity index (χ4v) is 6.59. The van der Waals surface area contributed by atoms with Crippen molar-refractivity contribution < 1.29 is 47.6 Å². The van der Waals surface area contributed by atoms with Crippen LogP contribution in [-0.2, 0) is 47.6 Å². The van der Waals surface area contributed by atoms with Crippen LogP contribution in [-0.4, -0.2) is 102 Å². The minimum Gasteiger partial charge on any atom is -0.463 e. The molecule has 0 saturated carbocycles. The zero-order valence-electron chi connectivity index (χ0n) is 36.6. The average molecular weight is 800 g/mol. The number of hydrogen-bond acceptors (Lipinski definition) is 11. The number of ether oxygens (including phenoxy) is 6. The van der Waals surface area contributed by atoms with E-state index in [2.05, 4.69) is 18.7 Å². The van der Waals surface area contributed by atoms with Crippen molar-refractivity contribution in [3.8, 4) is 0 Å². The third-order valence-electron chi connectivity index (χ3n) is 10.0. The van der Waals surface area contributed by atoms with Gasteiger partial charge in [0.05, 0.1) is 38.9 Å². The van der Waals surface area contributed by atoms with Gasteiger partial charge in [-0.3, -0.25) is 24.1 Å². The molecule has 330 valence electrons. The van der Waals surface area contributed by atoms with Crippen LogP contribution in [0, 0.1) is 0 Å². The first-order chi connectivity index (χ1) is 27.4. The molecule has 0 aliphatic rings. The lowest BCUT2D eigenvalue weighted by molar-refractivity contribution is -0.162. The van der Waals surface area contributed by atoms with Crippen LogP contribution in [0.25, 0.3) is 0 Å². The largest absolute Gasteiger partial charge is 0.463 e. The standard InChI is InChI=1S/C45H85NO10/c1-5-7-9-11-13-15-17-19-21-23-25-27-33-46(34-28-26-24-22-20-18-16-14-12-10-8-6-2)39-41(56-45(50)32-31-43(48)54-38-36-52-4)40-55-44(49)30-29-42(47)53-37-35-51-3/h41H,5-40H2,1-4H3. The van der Waals surface area contributed by atoms with Gasteiger partial charge in [-0.2, -0.15) is 0 Å². The number of nitrogens with zero attached hydrogens (tertiary/aromatic N) is 1. The third kappa shape index (κ3) is 38.6. The lowest BCUT2D eigenvalue weighted by Crippen LogP contribution is -2.39. The highest BCUT2D eigenvalue weighted by molar-refractivity contribution is 5.78. The smallest absolute Gasteiger partial charge is 0.306 e. The second-order valence-corrected chi connectivity index (χ2v) is 15.3. The molecule has 0 aromatic rings. The van der Waals surface area contributed by atoms with E-state index in [1.165, 1.54) is 143 Å². The second kappa shape index (κ2) is 42.4. The van der Waals surface area contributed by atoms with Gasteiger partial charge in [0.2, 0.25) is 0 Å². The number of esters is 4. The van der Waals surface area contributed by atoms with Crippen LogP contribution in [0.2, 0.25) is 0 Å². The summed E-state index contributed by atoms with van der Waals surface area (Å²) in [5, 5.41) is 0. The lowest BCUT2D eigenvalue weighted by atomic mass is 10.0. The summed E-state index contributed by atoms with van der Waals surface area (Å²) in [6.45, 7) is 7.36. The summed E-state index contributed by atoms with van der Waals surface area (Å²) in [5.41, 5.74) is 0. The summed E-state index contributed by atoms with van der Waals surface area (Å²) in [6, 6.07) is 0. The van der Waals surface area contributed by atoms with Gasteiger partial charge < -0.3 is 28.4 Å². The van der Waals surface area contributed by atoms with E-state index in [0.29, 0.717) is 6.54 Å². The fraction of sp³-hybridized carbons (Fsp3) is 0.911.